The van der Waals surface area contributed by atoms with E-state index in [1.807, 2.05) is 20.8 Å². The molecule has 0 radical (unpaired) electrons. The van der Waals surface area contributed by atoms with Crippen molar-refractivity contribution in [1.82, 2.24) is 9.62 Å². The summed E-state index contributed by atoms with van der Waals surface area (Å²) in [7, 11) is -3.49. The summed E-state index contributed by atoms with van der Waals surface area (Å²) >= 11 is 0. The standard InChI is InChI=1S/C16H24N2O3S/c1-12(2)13(3)17-16(19)14-7-6-8-15(11-14)22(20,21)18-9-4-5-10-18/h6-8,11-13H,4-5,9-10H2,1-3H3,(H,17,19)/t13-/m1/s1. The highest BCUT2D eigenvalue weighted by atomic mass is 32.2. The third-order valence-corrected chi connectivity index (χ3v) is 6.05. The molecule has 22 heavy (non-hydrogen) atoms. The Morgan fingerprint density at radius 2 is 1.82 bits per heavy atom. The maximum atomic E-state index is 12.5. The van der Waals surface area contributed by atoms with Crippen LogP contribution in [-0.2, 0) is 10.0 Å². The molecule has 1 N–H and O–H groups in total. The van der Waals surface area contributed by atoms with E-state index in [4.69, 9.17) is 0 Å². The average Bonchev–Trinajstić information content (AvgIpc) is 3.02. The molecule has 1 fully saturated rings. The van der Waals surface area contributed by atoms with Crippen LogP contribution in [0.1, 0.15) is 44.0 Å². The average molecular weight is 324 g/mol. The Bertz CT molecular complexity index is 635. The number of carbonyl (C=O) groups excluding carboxylic acids is 1. The van der Waals surface area contributed by atoms with Crippen molar-refractivity contribution in [3.63, 3.8) is 0 Å². The molecule has 0 unspecified atom stereocenters. The SMILES string of the molecule is CC(C)[C@@H](C)NC(=O)c1cccc(S(=O)(=O)N2CCCC2)c1. The second kappa shape index (κ2) is 6.79. The van der Waals surface area contributed by atoms with Gasteiger partial charge in [0.25, 0.3) is 5.91 Å². The molecule has 1 aliphatic heterocycles. The minimum absolute atomic E-state index is 0.0337. The second-order valence-electron chi connectivity index (χ2n) is 6.15. The fourth-order valence-electron chi connectivity index (χ4n) is 2.33. The van der Waals surface area contributed by atoms with Crippen molar-refractivity contribution in [2.24, 2.45) is 5.92 Å². The molecule has 1 aromatic rings. The fraction of sp³-hybridized carbons (Fsp3) is 0.562. The van der Waals surface area contributed by atoms with Crippen LogP contribution in [0.15, 0.2) is 29.2 Å². The third kappa shape index (κ3) is 3.67. The predicted octanol–water partition coefficient (Wildman–Crippen LogP) is 2.25. The van der Waals surface area contributed by atoms with Crippen molar-refractivity contribution in [2.45, 2.75) is 44.6 Å². The fourth-order valence-corrected chi connectivity index (χ4v) is 3.90. The Hall–Kier alpha value is -1.40. The van der Waals surface area contributed by atoms with Gasteiger partial charge in [-0.15, -0.1) is 0 Å². The molecule has 1 saturated heterocycles. The highest BCUT2D eigenvalue weighted by molar-refractivity contribution is 7.89. The van der Waals surface area contributed by atoms with E-state index in [9.17, 15) is 13.2 Å². The van der Waals surface area contributed by atoms with Crippen LogP contribution in [0.3, 0.4) is 0 Å². The molecule has 0 bridgehead atoms. The summed E-state index contributed by atoms with van der Waals surface area (Å²) in [5.41, 5.74) is 0.382. The Balaban J connectivity index is 2.21. The van der Waals surface area contributed by atoms with Gasteiger partial charge in [0.05, 0.1) is 4.90 Å². The maximum Gasteiger partial charge on any atom is 0.251 e. The monoisotopic (exact) mass is 324 g/mol. The normalized spacial score (nSPS) is 17.6. The number of hydrogen-bond donors (Lipinski definition) is 1. The summed E-state index contributed by atoms with van der Waals surface area (Å²) in [6.07, 6.45) is 1.79. The number of nitrogens with zero attached hydrogens (tertiary/aromatic N) is 1. The van der Waals surface area contributed by atoms with Gasteiger partial charge >= 0.3 is 0 Å². The van der Waals surface area contributed by atoms with Crippen molar-refractivity contribution >= 4 is 15.9 Å². The lowest BCUT2D eigenvalue weighted by Gasteiger charge is -2.18. The van der Waals surface area contributed by atoms with Crippen LogP contribution in [0, 0.1) is 5.92 Å². The van der Waals surface area contributed by atoms with E-state index < -0.39 is 10.0 Å². The van der Waals surface area contributed by atoms with Gasteiger partial charge in [0.15, 0.2) is 0 Å². The van der Waals surface area contributed by atoms with Crippen LogP contribution in [0.5, 0.6) is 0 Å². The Labute approximate surface area is 132 Å². The van der Waals surface area contributed by atoms with E-state index in [0.29, 0.717) is 24.6 Å². The van der Waals surface area contributed by atoms with Crippen LogP contribution in [0.25, 0.3) is 0 Å². The number of amides is 1. The molecule has 0 saturated carbocycles. The van der Waals surface area contributed by atoms with Gasteiger partial charge in [-0.2, -0.15) is 4.31 Å². The topological polar surface area (TPSA) is 66.5 Å². The van der Waals surface area contributed by atoms with Gasteiger partial charge in [-0.1, -0.05) is 19.9 Å². The van der Waals surface area contributed by atoms with E-state index in [1.54, 1.807) is 18.2 Å². The summed E-state index contributed by atoms with van der Waals surface area (Å²) < 4.78 is 26.6. The molecule has 1 aliphatic rings. The molecule has 6 heteroatoms. The lowest BCUT2D eigenvalue weighted by molar-refractivity contribution is 0.0930. The molecule has 122 valence electrons. The minimum atomic E-state index is -3.49. The highest BCUT2D eigenvalue weighted by Gasteiger charge is 2.27. The zero-order valence-corrected chi connectivity index (χ0v) is 14.2. The number of rotatable bonds is 5. The van der Waals surface area contributed by atoms with E-state index in [-0.39, 0.29) is 16.8 Å². The van der Waals surface area contributed by atoms with Crippen molar-refractivity contribution in [1.29, 1.82) is 0 Å². The number of carbonyl (C=O) groups is 1. The Morgan fingerprint density at radius 3 is 2.41 bits per heavy atom. The first-order valence-corrected chi connectivity index (χ1v) is 9.17. The van der Waals surface area contributed by atoms with E-state index >= 15 is 0 Å². The molecule has 0 aliphatic carbocycles. The number of hydrogen-bond acceptors (Lipinski definition) is 3. The zero-order valence-electron chi connectivity index (χ0n) is 13.4. The maximum absolute atomic E-state index is 12.5. The van der Waals surface area contributed by atoms with Gasteiger partial charge in [0.2, 0.25) is 10.0 Å². The largest absolute Gasteiger partial charge is 0.349 e. The summed E-state index contributed by atoms with van der Waals surface area (Å²) in [5, 5.41) is 2.90. The van der Waals surface area contributed by atoms with Gasteiger partial charge in [0.1, 0.15) is 0 Å². The molecule has 2 rings (SSSR count). The Kier molecular flexibility index (Phi) is 5.24. The summed E-state index contributed by atoms with van der Waals surface area (Å²) in [6.45, 7) is 7.11. The minimum Gasteiger partial charge on any atom is -0.349 e. The molecular formula is C16H24N2O3S. The summed E-state index contributed by atoms with van der Waals surface area (Å²) in [5.74, 6) is 0.0835. The molecular weight excluding hydrogens is 300 g/mol. The molecule has 0 aromatic heterocycles. The van der Waals surface area contributed by atoms with Crippen molar-refractivity contribution in [2.75, 3.05) is 13.1 Å². The van der Waals surface area contributed by atoms with E-state index in [2.05, 4.69) is 5.32 Å². The summed E-state index contributed by atoms with van der Waals surface area (Å²) in [4.78, 5) is 12.4. The molecule has 5 nitrogen and oxygen atoms in total. The van der Waals surface area contributed by atoms with E-state index in [0.717, 1.165) is 12.8 Å². The van der Waals surface area contributed by atoms with Crippen LogP contribution < -0.4 is 5.32 Å². The summed E-state index contributed by atoms with van der Waals surface area (Å²) in [6, 6.07) is 6.32. The second-order valence-corrected chi connectivity index (χ2v) is 8.08. The van der Waals surface area contributed by atoms with Crippen LogP contribution in [0.4, 0.5) is 0 Å². The first kappa shape index (κ1) is 17.0. The van der Waals surface area contributed by atoms with Crippen LogP contribution >= 0.6 is 0 Å². The van der Waals surface area contributed by atoms with E-state index in [1.165, 1.54) is 10.4 Å². The zero-order chi connectivity index (χ0) is 16.3. The van der Waals surface area contributed by atoms with Crippen molar-refractivity contribution < 1.29 is 13.2 Å². The first-order chi connectivity index (χ1) is 10.3. The quantitative estimate of drug-likeness (QED) is 0.903. The number of nitrogens with one attached hydrogen (secondary N) is 1. The Morgan fingerprint density at radius 1 is 1.18 bits per heavy atom. The van der Waals surface area contributed by atoms with Gasteiger partial charge in [-0.3, -0.25) is 4.79 Å². The van der Waals surface area contributed by atoms with Crippen LogP contribution in [0.2, 0.25) is 0 Å². The van der Waals surface area contributed by atoms with Gasteiger partial charge in [-0.05, 0) is 43.9 Å². The lowest BCUT2D eigenvalue weighted by atomic mass is 10.1. The smallest absolute Gasteiger partial charge is 0.251 e. The highest BCUT2D eigenvalue weighted by Crippen LogP contribution is 2.21. The first-order valence-electron chi connectivity index (χ1n) is 7.73. The molecule has 0 spiro atoms. The third-order valence-electron chi connectivity index (χ3n) is 4.16. The molecule has 1 amide bonds. The lowest BCUT2D eigenvalue weighted by Crippen LogP contribution is -2.36. The van der Waals surface area contributed by atoms with Gasteiger partial charge < -0.3 is 5.32 Å². The number of benzene rings is 1. The van der Waals surface area contributed by atoms with Crippen molar-refractivity contribution in [3.8, 4) is 0 Å². The molecule has 1 aromatic carbocycles. The van der Waals surface area contributed by atoms with Gasteiger partial charge in [0, 0.05) is 24.7 Å². The van der Waals surface area contributed by atoms with Gasteiger partial charge in [-0.25, -0.2) is 8.42 Å². The predicted molar refractivity (Wildman–Crippen MR) is 86.2 cm³/mol. The molecule has 1 atom stereocenters. The number of sulfonamides is 1. The van der Waals surface area contributed by atoms with Crippen molar-refractivity contribution in [3.05, 3.63) is 29.8 Å². The van der Waals surface area contributed by atoms with Crippen LogP contribution in [-0.4, -0.2) is 37.8 Å². The molecule has 1 heterocycles.